The molecule has 0 aliphatic heterocycles. The molecule has 6 heteroatoms. The van der Waals surface area contributed by atoms with Crippen molar-refractivity contribution >= 4 is 11.9 Å². The van der Waals surface area contributed by atoms with Gasteiger partial charge in [0.25, 0.3) is 0 Å². The highest BCUT2D eigenvalue weighted by atomic mass is 16.4. The molecule has 15 heavy (non-hydrogen) atoms. The molecule has 6 N–H and O–H groups in total. The van der Waals surface area contributed by atoms with Crippen molar-refractivity contribution in [2.75, 3.05) is 13.1 Å². The van der Waals surface area contributed by atoms with Crippen LogP contribution >= 0.6 is 0 Å². The van der Waals surface area contributed by atoms with Crippen molar-refractivity contribution in [1.82, 2.24) is 5.32 Å². The molecule has 0 rings (SSSR count). The van der Waals surface area contributed by atoms with Crippen LogP contribution in [0, 0.1) is 0 Å². The van der Waals surface area contributed by atoms with Gasteiger partial charge in [0.05, 0.1) is 6.04 Å². The molecule has 0 aliphatic rings. The average molecular weight is 217 g/mol. The molecule has 88 valence electrons. The standard InChI is InChI=1S/C9H19N3O3/c10-5-4-7(11)9(15)12-6-2-1-3-8(13)14/h7H,1-6,10-11H2,(H,12,15)(H,13,14). The zero-order valence-corrected chi connectivity index (χ0v) is 8.74. The quantitative estimate of drug-likeness (QED) is 0.390. The van der Waals surface area contributed by atoms with Gasteiger partial charge < -0.3 is 21.9 Å². The van der Waals surface area contributed by atoms with Crippen LogP contribution in [0.25, 0.3) is 0 Å². The van der Waals surface area contributed by atoms with Crippen molar-refractivity contribution in [3.63, 3.8) is 0 Å². The fraction of sp³-hybridized carbons (Fsp3) is 0.778. The summed E-state index contributed by atoms with van der Waals surface area (Å²) >= 11 is 0. The molecule has 0 spiro atoms. The highest BCUT2D eigenvalue weighted by Crippen LogP contribution is 1.94. The van der Waals surface area contributed by atoms with Crippen molar-refractivity contribution < 1.29 is 14.7 Å². The Morgan fingerprint density at radius 1 is 1.33 bits per heavy atom. The normalized spacial score (nSPS) is 12.1. The Balaban J connectivity index is 3.42. The molecule has 0 saturated heterocycles. The van der Waals surface area contributed by atoms with Crippen LogP contribution in [-0.2, 0) is 9.59 Å². The van der Waals surface area contributed by atoms with Crippen LogP contribution in [0.3, 0.4) is 0 Å². The molecular weight excluding hydrogens is 198 g/mol. The third-order valence-corrected chi connectivity index (χ3v) is 1.93. The lowest BCUT2D eigenvalue weighted by molar-refractivity contribution is -0.137. The topological polar surface area (TPSA) is 118 Å². The molecular formula is C9H19N3O3. The molecule has 0 radical (unpaired) electrons. The van der Waals surface area contributed by atoms with Crippen LogP contribution in [0.1, 0.15) is 25.7 Å². The maximum absolute atomic E-state index is 11.2. The van der Waals surface area contributed by atoms with Crippen LogP contribution in [0.2, 0.25) is 0 Å². The summed E-state index contributed by atoms with van der Waals surface area (Å²) in [5.41, 5.74) is 10.8. The van der Waals surface area contributed by atoms with Gasteiger partial charge in [-0.15, -0.1) is 0 Å². The van der Waals surface area contributed by atoms with E-state index in [0.717, 1.165) is 0 Å². The summed E-state index contributed by atoms with van der Waals surface area (Å²) < 4.78 is 0. The van der Waals surface area contributed by atoms with Crippen LogP contribution in [-0.4, -0.2) is 36.1 Å². The summed E-state index contributed by atoms with van der Waals surface area (Å²) in [6.07, 6.45) is 1.79. The first-order chi connectivity index (χ1) is 7.07. The second-order valence-corrected chi connectivity index (χ2v) is 3.33. The fourth-order valence-electron chi connectivity index (χ4n) is 1.05. The Bertz CT molecular complexity index is 209. The SMILES string of the molecule is NCCC(N)C(=O)NCCCCC(=O)O. The predicted molar refractivity (Wildman–Crippen MR) is 56.1 cm³/mol. The summed E-state index contributed by atoms with van der Waals surface area (Å²) in [6.45, 7) is 0.845. The largest absolute Gasteiger partial charge is 0.481 e. The van der Waals surface area contributed by atoms with Gasteiger partial charge in [-0.05, 0) is 25.8 Å². The van der Waals surface area contributed by atoms with Gasteiger partial charge in [0.1, 0.15) is 0 Å². The van der Waals surface area contributed by atoms with Gasteiger partial charge in [-0.3, -0.25) is 9.59 Å². The third kappa shape index (κ3) is 7.90. The molecule has 1 atom stereocenters. The van der Waals surface area contributed by atoms with Crippen LogP contribution in [0.4, 0.5) is 0 Å². The zero-order valence-electron chi connectivity index (χ0n) is 8.74. The lowest BCUT2D eigenvalue weighted by atomic mass is 10.2. The van der Waals surface area contributed by atoms with Crippen molar-refractivity contribution in [3.8, 4) is 0 Å². The van der Waals surface area contributed by atoms with Crippen molar-refractivity contribution in [3.05, 3.63) is 0 Å². The first kappa shape index (κ1) is 13.9. The molecule has 0 aliphatic carbocycles. The molecule has 1 amide bonds. The van der Waals surface area contributed by atoms with Crippen molar-refractivity contribution in [2.45, 2.75) is 31.7 Å². The minimum absolute atomic E-state index is 0.130. The van der Waals surface area contributed by atoms with Gasteiger partial charge in [-0.25, -0.2) is 0 Å². The van der Waals surface area contributed by atoms with Crippen molar-refractivity contribution in [2.24, 2.45) is 11.5 Å². The number of rotatable bonds is 8. The smallest absolute Gasteiger partial charge is 0.303 e. The number of amides is 1. The Morgan fingerprint density at radius 2 is 2.00 bits per heavy atom. The summed E-state index contributed by atoms with van der Waals surface area (Å²) in [7, 11) is 0. The first-order valence-corrected chi connectivity index (χ1v) is 5.03. The summed E-state index contributed by atoms with van der Waals surface area (Å²) in [5, 5.41) is 11.0. The molecule has 0 saturated carbocycles. The van der Waals surface area contributed by atoms with Crippen LogP contribution in [0.15, 0.2) is 0 Å². The van der Waals surface area contributed by atoms with Crippen LogP contribution < -0.4 is 16.8 Å². The number of hydrogen-bond acceptors (Lipinski definition) is 4. The van der Waals surface area contributed by atoms with E-state index in [0.29, 0.717) is 32.4 Å². The molecule has 0 bridgehead atoms. The molecule has 0 aromatic heterocycles. The maximum Gasteiger partial charge on any atom is 0.303 e. The summed E-state index contributed by atoms with van der Waals surface area (Å²) in [4.78, 5) is 21.4. The van der Waals surface area contributed by atoms with E-state index in [1.807, 2.05) is 0 Å². The average Bonchev–Trinajstić information content (AvgIpc) is 2.16. The van der Waals surface area contributed by atoms with E-state index in [1.165, 1.54) is 0 Å². The van der Waals surface area contributed by atoms with E-state index in [2.05, 4.69) is 5.32 Å². The van der Waals surface area contributed by atoms with Gasteiger partial charge in [0.15, 0.2) is 0 Å². The van der Waals surface area contributed by atoms with Crippen LogP contribution in [0.5, 0.6) is 0 Å². The first-order valence-electron chi connectivity index (χ1n) is 5.03. The number of carboxylic acids is 1. The Kier molecular flexibility index (Phi) is 7.57. The summed E-state index contributed by atoms with van der Waals surface area (Å²) in [5.74, 6) is -1.04. The lowest BCUT2D eigenvalue weighted by Crippen LogP contribution is -2.42. The second kappa shape index (κ2) is 8.19. The summed E-state index contributed by atoms with van der Waals surface area (Å²) in [6, 6.07) is -0.561. The third-order valence-electron chi connectivity index (χ3n) is 1.93. The monoisotopic (exact) mass is 217 g/mol. The van der Waals surface area contributed by atoms with Gasteiger partial charge >= 0.3 is 5.97 Å². The minimum Gasteiger partial charge on any atom is -0.481 e. The number of nitrogens with two attached hydrogens (primary N) is 2. The Hall–Kier alpha value is -1.14. The predicted octanol–water partition coefficient (Wildman–Crippen LogP) is -0.966. The number of unbranched alkanes of at least 4 members (excludes halogenated alkanes) is 1. The number of aliphatic carboxylic acids is 1. The Morgan fingerprint density at radius 3 is 2.53 bits per heavy atom. The molecule has 6 nitrogen and oxygen atoms in total. The molecule has 0 heterocycles. The number of nitrogens with one attached hydrogen (secondary N) is 1. The van der Waals surface area contributed by atoms with E-state index in [4.69, 9.17) is 16.6 Å². The number of hydrogen-bond donors (Lipinski definition) is 4. The second-order valence-electron chi connectivity index (χ2n) is 3.33. The fourth-order valence-corrected chi connectivity index (χ4v) is 1.05. The molecule has 0 aromatic carbocycles. The van der Waals surface area contributed by atoms with Gasteiger partial charge in [0.2, 0.25) is 5.91 Å². The van der Waals surface area contributed by atoms with Gasteiger partial charge in [-0.2, -0.15) is 0 Å². The van der Waals surface area contributed by atoms with E-state index in [9.17, 15) is 9.59 Å². The Labute approximate surface area is 89.0 Å². The molecule has 0 aromatic rings. The number of carbonyl (C=O) groups excluding carboxylic acids is 1. The molecule has 1 unspecified atom stereocenters. The van der Waals surface area contributed by atoms with E-state index < -0.39 is 12.0 Å². The number of carbonyl (C=O) groups is 2. The minimum atomic E-state index is -0.818. The zero-order chi connectivity index (χ0) is 11.7. The van der Waals surface area contributed by atoms with Gasteiger partial charge in [0, 0.05) is 13.0 Å². The van der Waals surface area contributed by atoms with Crippen molar-refractivity contribution in [1.29, 1.82) is 0 Å². The number of carboxylic acid groups (broad SMARTS) is 1. The van der Waals surface area contributed by atoms with Gasteiger partial charge in [-0.1, -0.05) is 0 Å². The highest BCUT2D eigenvalue weighted by Gasteiger charge is 2.10. The van der Waals surface area contributed by atoms with E-state index >= 15 is 0 Å². The van der Waals surface area contributed by atoms with E-state index in [-0.39, 0.29) is 12.3 Å². The van der Waals surface area contributed by atoms with E-state index in [1.54, 1.807) is 0 Å². The molecule has 0 fully saturated rings. The maximum atomic E-state index is 11.2. The highest BCUT2D eigenvalue weighted by molar-refractivity contribution is 5.81. The lowest BCUT2D eigenvalue weighted by Gasteiger charge is -2.10.